The summed E-state index contributed by atoms with van der Waals surface area (Å²) in [6.07, 6.45) is 0.0371. The normalized spacial score (nSPS) is 13.1. The fraction of sp³-hybridized carbons (Fsp3) is 0.471. The average Bonchev–Trinajstić information content (AvgIpc) is 2.72. The number of hydrogen-bond donors (Lipinski definition) is 3. The Hall–Kier alpha value is -2.01. The van der Waals surface area contributed by atoms with Gasteiger partial charge in [-0.3, -0.25) is 0 Å². The quantitative estimate of drug-likeness (QED) is 0.813. The van der Waals surface area contributed by atoms with Crippen LogP contribution in [0, 0.1) is 6.92 Å². The van der Waals surface area contributed by atoms with E-state index in [1.807, 2.05) is 52.0 Å². The van der Waals surface area contributed by atoms with Crippen LogP contribution in [0.25, 0.3) is 10.9 Å². The van der Waals surface area contributed by atoms with E-state index in [1.54, 1.807) is 0 Å². The molecule has 1 aromatic heterocycles. The molecule has 3 N–H and O–H groups in total. The van der Waals surface area contributed by atoms with E-state index in [0.29, 0.717) is 6.42 Å². The third kappa shape index (κ3) is 4.01. The number of aryl methyl sites for hydroxylation is 1. The van der Waals surface area contributed by atoms with E-state index >= 15 is 0 Å². The number of rotatable bonds is 4. The highest BCUT2D eigenvalue weighted by Gasteiger charge is 2.21. The van der Waals surface area contributed by atoms with Crippen LogP contribution in [0.1, 0.15) is 32.0 Å². The van der Waals surface area contributed by atoms with Gasteiger partial charge in [0.25, 0.3) is 0 Å². The fourth-order valence-electron chi connectivity index (χ4n) is 2.48. The minimum atomic E-state index is -0.555. The molecule has 0 fully saturated rings. The van der Waals surface area contributed by atoms with Crippen molar-refractivity contribution in [2.75, 3.05) is 6.61 Å². The maximum Gasteiger partial charge on any atom is 0.407 e. The Morgan fingerprint density at radius 1 is 1.36 bits per heavy atom. The zero-order chi connectivity index (χ0) is 16.3. The van der Waals surface area contributed by atoms with E-state index in [2.05, 4.69) is 10.3 Å². The number of aromatic amines is 1. The Morgan fingerprint density at radius 3 is 2.68 bits per heavy atom. The Balaban J connectivity index is 2.12. The minimum Gasteiger partial charge on any atom is -0.444 e. The first-order valence-electron chi connectivity index (χ1n) is 7.46. The Morgan fingerprint density at radius 2 is 2.05 bits per heavy atom. The molecule has 2 rings (SSSR count). The molecule has 22 heavy (non-hydrogen) atoms. The van der Waals surface area contributed by atoms with Gasteiger partial charge in [0, 0.05) is 16.6 Å². The lowest BCUT2D eigenvalue weighted by molar-refractivity contribution is 0.0483. The van der Waals surface area contributed by atoms with Gasteiger partial charge in [-0.05, 0) is 45.7 Å². The number of para-hydroxylation sites is 1. The first-order chi connectivity index (χ1) is 10.3. The first-order valence-corrected chi connectivity index (χ1v) is 7.46. The number of aliphatic hydroxyl groups is 1. The number of fused-ring (bicyclic) bond motifs is 1. The van der Waals surface area contributed by atoms with Crippen molar-refractivity contribution >= 4 is 17.0 Å². The number of H-pyrrole nitrogens is 1. The summed E-state index contributed by atoms with van der Waals surface area (Å²) in [7, 11) is 0. The van der Waals surface area contributed by atoms with Crippen molar-refractivity contribution < 1.29 is 14.6 Å². The zero-order valence-electron chi connectivity index (χ0n) is 13.6. The number of carbonyl (C=O) groups is 1. The average molecular weight is 304 g/mol. The second-order valence-electron chi connectivity index (χ2n) is 6.50. The Bertz CT molecular complexity index is 655. The molecule has 120 valence electrons. The largest absolute Gasteiger partial charge is 0.444 e. The van der Waals surface area contributed by atoms with E-state index < -0.39 is 11.7 Å². The molecule has 0 spiro atoms. The van der Waals surface area contributed by atoms with Crippen molar-refractivity contribution in [3.8, 4) is 0 Å². The van der Waals surface area contributed by atoms with Crippen LogP contribution in [0.15, 0.2) is 24.3 Å². The van der Waals surface area contributed by atoms with Gasteiger partial charge in [-0.2, -0.15) is 0 Å². The summed E-state index contributed by atoms with van der Waals surface area (Å²) >= 11 is 0. The fourth-order valence-corrected chi connectivity index (χ4v) is 2.48. The highest BCUT2D eigenvalue weighted by molar-refractivity contribution is 5.84. The molecule has 0 radical (unpaired) electrons. The maximum atomic E-state index is 11.9. The van der Waals surface area contributed by atoms with Gasteiger partial charge in [0.15, 0.2) is 0 Å². The van der Waals surface area contributed by atoms with Gasteiger partial charge in [-0.25, -0.2) is 4.79 Å². The first kappa shape index (κ1) is 16.4. The summed E-state index contributed by atoms with van der Waals surface area (Å²) in [5, 5.41) is 13.4. The summed E-state index contributed by atoms with van der Waals surface area (Å²) in [4.78, 5) is 15.2. The summed E-state index contributed by atoms with van der Waals surface area (Å²) in [5.74, 6) is 0. The predicted molar refractivity (Wildman–Crippen MR) is 87.0 cm³/mol. The van der Waals surface area contributed by atoms with Crippen molar-refractivity contribution in [2.45, 2.75) is 45.8 Å². The summed E-state index contributed by atoms with van der Waals surface area (Å²) < 4.78 is 5.24. The molecule has 1 heterocycles. The number of nitrogens with one attached hydrogen (secondary N) is 2. The molecule has 1 aromatic carbocycles. The molecule has 0 aliphatic rings. The molecule has 0 aliphatic heterocycles. The van der Waals surface area contributed by atoms with Crippen molar-refractivity contribution in [1.29, 1.82) is 0 Å². The lowest BCUT2D eigenvalue weighted by Crippen LogP contribution is -2.42. The number of hydrogen-bond acceptors (Lipinski definition) is 3. The van der Waals surface area contributed by atoms with Gasteiger partial charge in [0.05, 0.1) is 12.6 Å². The van der Waals surface area contributed by atoms with E-state index in [1.165, 1.54) is 0 Å². The highest BCUT2D eigenvalue weighted by atomic mass is 16.6. The number of aromatic nitrogens is 1. The van der Waals surface area contributed by atoms with E-state index in [9.17, 15) is 9.90 Å². The molecule has 0 saturated heterocycles. The predicted octanol–water partition coefficient (Wildman–Crippen LogP) is 2.90. The topological polar surface area (TPSA) is 74.4 Å². The molecule has 0 aliphatic carbocycles. The second kappa shape index (κ2) is 6.40. The number of aliphatic hydroxyl groups excluding tert-OH is 1. The van der Waals surface area contributed by atoms with Gasteiger partial charge in [-0.1, -0.05) is 18.2 Å². The molecule has 5 heteroatoms. The lowest BCUT2D eigenvalue weighted by Gasteiger charge is -2.22. The Labute approximate surface area is 130 Å². The van der Waals surface area contributed by atoms with Gasteiger partial charge in [0.1, 0.15) is 5.60 Å². The molecule has 0 unspecified atom stereocenters. The van der Waals surface area contributed by atoms with Crippen LogP contribution in [-0.2, 0) is 11.2 Å². The number of carbonyl (C=O) groups excluding carboxylic acids is 1. The number of benzene rings is 1. The Kier molecular flexibility index (Phi) is 4.76. The van der Waals surface area contributed by atoms with Crippen LogP contribution in [0.2, 0.25) is 0 Å². The van der Waals surface area contributed by atoms with Crippen LogP contribution in [0.3, 0.4) is 0 Å². The monoisotopic (exact) mass is 304 g/mol. The second-order valence-corrected chi connectivity index (χ2v) is 6.50. The van der Waals surface area contributed by atoms with Crippen molar-refractivity contribution in [1.82, 2.24) is 10.3 Å². The standard InChI is InChI=1S/C17H24N2O3/c1-11-14(13-7-5-6-8-15(13)18-11)9-12(10-20)19-16(21)22-17(2,3)4/h5-8,12,18,20H,9-10H2,1-4H3,(H,19,21)/t12-/m0/s1. The third-order valence-electron chi connectivity index (χ3n) is 3.42. The van der Waals surface area contributed by atoms with Gasteiger partial charge < -0.3 is 20.1 Å². The van der Waals surface area contributed by atoms with Crippen molar-refractivity contribution in [2.24, 2.45) is 0 Å². The molecule has 1 atom stereocenters. The van der Waals surface area contributed by atoms with Crippen LogP contribution < -0.4 is 5.32 Å². The van der Waals surface area contributed by atoms with Crippen LogP contribution >= 0.6 is 0 Å². The summed E-state index contributed by atoms with van der Waals surface area (Å²) in [6.45, 7) is 7.29. The molecular formula is C17H24N2O3. The number of ether oxygens (including phenoxy) is 1. The van der Waals surface area contributed by atoms with Gasteiger partial charge in [0.2, 0.25) is 0 Å². The molecule has 0 bridgehead atoms. The molecular weight excluding hydrogens is 280 g/mol. The molecule has 1 amide bonds. The summed E-state index contributed by atoms with van der Waals surface area (Å²) in [5.41, 5.74) is 2.65. The lowest BCUT2D eigenvalue weighted by atomic mass is 10.0. The number of alkyl carbamates (subject to hydrolysis) is 1. The van der Waals surface area contributed by atoms with Crippen molar-refractivity contribution in [3.63, 3.8) is 0 Å². The van der Waals surface area contributed by atoms with Crippen molar-refractivity contribution in [3.05, 3.63) is 35.5 Å². The number of amides is 1. The minimum absolute atomic E-state index is 0.141. The van der Waals surface area contributed by atoms with Crippen LogP contribution in [0.5, 0.6) is 0 Å². The molecule has 5 nitrogen and oxygen atoms in total. The van der Waals surface area contributed by atoms with Gasteiger partial charge in [-0.15, -0.1) is 0 Å². The maximum absolute atomic E-state index is 11.9. The van der Waals surface area contributed by atoms with Crippen LogP contribution in [0.4, 0.5) is 4.79 Å². The molecule has 2 aromatic rings. The van der Waals surface area contributed by atoms with E-state index in [-0.39, 0.29) is 12.6 Å². The van der Waals surface area contributed by atoms with Gasteiger partial charge >= 0.3 is 6.09 Å². The molecule has 0 saturated carbocycles. The zero-order valence-corrected chi connectivity index (χ0v) is 13.6. The van der Waals surface area contributed by atoms with E-state index in [4.69, 9.17) is 4.74 Å². The third-order valence-corrected chi connectivity index (χ3v) is 3.42. The SMILES string of the molecule is Cc1[nH]c2ccccc2c1C[C@@H](CO)NC(=O)OC(C)(C)C. The van der Waals surface area contributed by atoms with E-state index in [0.717, 1.165) is 22.2 Å². The highest BCUT2D eigenvalue weighted by Crippen LogP contribution is 2.23. The van der Waals surface area contributed by atoms with Crippen LogP contribution in [-0.4, -0.2) is 34.4 Å². The summed E-state index contributed by atoms with van der Waals surface area (Å²) in [6, 6.07) is 7.63. The smallest absolute Gasteiger partial charge is 0.407 e.